The summed E-state index contributed by atoms with van der Waals surface area (Å²) in [4.78, 5) is 20.3. The first-order valence-corrected chi connectivity index (χ1v) is 7.01. The second-order valence-electron chi connectivity index (χ2n) is 4.69. The molecule has 21 heavy (non-hydrogen) atoms. The summed E-state index contributed by atoms with van der Waals surface area (Å²) >= 11 is 0. The molecular formula is C14H20N6O. The summed E-state index contributed by atoms with van der Waals surface area (Å²) in [5.74, 6) is 0.575. The number of anilines is 1. The second kappa shape index (κ2) is 7.37. The molecule has 0 saturated heterocycles. The Labute approximate surface area is 123 Å². The Morgan fingerprint density at radius 2 is 2.24 bits per heavy atom. The van der Waals surface area contributed by atoms with E-state index in [2.05, 4.69) is 32.6 Å². The van der Waals surface area contributed by atoms with E-state index in [4.69, 9.17) is 0 Å². The molecule has 1 amide bonds. The van der Waals surface area contributed by atoms with Crippen LogP contribution in [0.15, 0.2) is 24.8 Å². The maximum Gasteiger partial charge on any atom is 0.254 e. The predicted molar refractivity (Wildman–Crippen MR) is 80.1 cm³/mol. The van der Waals surface area contributed by atoms with Gasteiger partial charge in [-0.1, -0.05) is 6.92 Å². The van der Waals surface area contributed by atoms with Crippen molar-refractivity contribution in [3.8, 4) is 0 Å². The lowest BCUT2D eigenvalue weighted by Crippen LogP contribution is -2.27. The first-order chi connectivity index (χ1) is 10.2. The van der Waals surface area contributed by atoms with E-state index < -0.39 is 0 Å². The van der Waals surface area contributed by atoms with Gasteiger partial charge in [-0.05, 0) is 12.5 Å². The zero-order chi connectivity index (χ0) is 15.1. The van der Waals surface area contributed by atoms with Crippen molar-refractivity contribution >= 4 is 11.6 Å². The maximum absolute atomic E-state index is 12.2. The smallest absolute Gasteiger partial charge is 0.254 e. The van der Waals surface area contributed by atoms with Crippen LogP contribution in [-0.4, -0.2) is 38.7 Å². The molecular weight excluding hydrogens is 268 g/mol. The third-order valence-electron chi connectivity index (χ3n) is 2.91. The monoisotopic (exact) mass is 288 g/mol. The first-order valence-electron chi connectivity index (χ1n) is 7.01. The van der Waals surface area contributed by atoms with Gasteiger partial charge in [0.05, 0.1) is 11.3 Å². The summed E-state index contributed by atoms with van der Waals surface area (Å²) in [7, 11) is 1.82. The summed E-state index contributed by atoms with van der Waals surface area (Å²) in [6, 6.07) is 1.81. The third-order valence-corrected chi connectivity index (χ3v) is 2.91. The summed E-state index contributed by atoms with van der Waals surface area (Å²) in [6.45, 7) is 3.39. The first kappa shape index (κ1) is 15.0. The number of nitrogens with one attached hydrogen (secondary N) is 2. The predicted octanol–water partition coefficient (Wildman–Crippen LogP) is 1.00. The second-order valence-corrected chi connectivity index (χ2v) is 4.69. The Balaban J connectivity index is 1.90. The quantitative estimate of drug-likeness (QED) is 0.794. The molecule has 2 rings (SSSR count). The standard InChI is InChI=1S/C14H20N6O/c1-3-6-16-12-4-7-15-9-11(12)14(21)17-8-5-13-18-10-20(2)19-13/h4,7,9-10H,3,5-6,8H2,1-2H3,(H,15,16)(H,17,21). The van der Waals surface area contributed by atoms with Crippen LogP contribution in [0.25, 0.3) is 0 Å². The zero-order valence-corrected chi connectivity index (χ0v) is 12.3. The van der Waals surface area contributed by atoms with Crippen LogP contribution in [0.4, 0.5) is 5.69 Å². The molecule has 0 fully saturated rings. The fourth-order valence-corrected chi connectivity index (χ4v) is 1.87. The van der Waals surface area contributed by atoms with E-state index in [1.165, 1.54) is 0 Å². The minimum absolute atomic E-state index is 0.141. The topological polar surface area (TPSA) is 84.7 Å². The van der Waals surface area contributed by atoms with Gasteiger partial charge in [0.1, 0.15) is 6.33 Å². The van der Waals surface area contributed by atoms with E-state index >= 15 is 0 Å². The molecule has 0 radical (unpaired) electrons. The number of hydrogen-bond donors (Lipinski definition) is 2. The highest BCUT2D eigenvalue weighted by atomic mass is 16.1. The van der Waals surface area contributed by atoms with E-state index in [-0.39, 0.29) is 5.91 Å². The van der Waals surface area contributed by atoms with Gasteiger partial charge in [0.15, 0.2) is 5.82 Å². The molecule has 0 saturated carbocycles. The highest BCUT2D eigenvalue weighted by Crippen LogP contribution is 2.13. The average Bonchev–Trinajstić information content (AvgIpc) is 2.91. The van der Waals surface area contributed by atoms with Crippen molar-refractivity contribution in [2.75, 3.05) is 18.4 Å². The molecule has 112 valence electrons. The lowest BCUT2D eigenvalue weighted by Gasteiger charge is -2.10. The van der Waals surface area contributed by atoms with Crippen LogP contribution in [0.1, 0.15) is 29.5 Å². The lowest BCUT2D eigenvalue weighted by atomic mass is 10.2. The van der Waals surface area contributed by atoms with Crippen LogP contribution < -0.4 is 10.6 Å². The highest BCUT2D eigenvalue weighted by molar-refractivity contribution is 5.99. The molecule has 2 aromatic heterocycles. The van der Waals surface area contributed by atoms with Gasteiger partial charge in [0.2, 0.25) is 0 Å². The molecule has 0 aliphatic heterocycles. The van der Waals surface area contributed by atoms with Crippen molar-refractivity contribution in [1.29, 1.82) is 0 Å². The summed E-state index contributed by atoms with van der Waals surface area (Å²) < 4.78 is 1.64. The fourth-order valence-electron chi connectivity index (χ4n) is 1.87. The largest absolute Gasteiger partial charge is 0.384 e. The number of aryl methyl sites for hydroxylation is 1. The van der Waals surface area contributed by atoms with E-state index in [1.807, 2.05) is 13.1 Å². The molecule has 2 aromatic rings. The van der Waals surface area contributed by atoms with Crippen LogP contribution in [0, 0.1) is 0 Å². The minimum atomic E-state index is -0.141. The van der Waals surface area contributed by atoms with Gasteiger partial charge in [0.25, 0.3) is 5.91 Å². The fraction of sp³-hybridized carbons (Fsp3) is 0.429. The Bertz CT molecular complexity index is 595. The van der Waals surface area contributed by atoms with Crippen molar-refractivity contribution in [3.63, 3.8) is 0 Å². The molecule has 2 N–H and O–H groups in total. The van der Waals surface area contributed by atoms with Crippen molar-refractivity contribution in [3.05, 3.63) is 36.2 Å². The number of rotatable bonds is 7. The third kappa shape index (κ3) is 4.27. The van der Waals surface area contributed by atoms with Crippen LogP contribution in [0.3, 0.4) is 0 Å². The lowest BCUT2D eigenvalue weighted by molar-refractivity contribution is 0.0954. The average molecular weight is 288 g/mol. The number of nitrogens with zero attached hydrogens (tertiary/aromatic N) is 4. The van der Waals surface area contributed by atoms with Gasteiger partial charge in [-0.2, -0.15) is 5.10 Å². The highest BCUT2D eigenvalue weighted by Gasteiger charge is 2.11. The Morgan fingerprint density at radius 3 is 2.95 bits per heavy atom. The van der Waals surface area contributed by atoms with E-state index in [0.29, 0.717) is 24.4 Å². The molecule has 0 atom stereocenters. The van der Waals surface area contributed by atoms with Crippen molar-refractivity contribution in [2.45, 2.75) is 19.8 Å². The number of aromatic nitrogens is 4. The number of carbonyl (C=O) groups is 1. The summed E-state index contributed by atoms with van der Waals surface area (Å²) in [6.07, 6.45) is 6.49. The normalized spacial score (nSPS) is 10.4. The Morgan fingerprint density at radius 1 is 1.38 bits per heavy atom. The van der Waals surface area contributed by atoms with Gasteiger partial charge in [0, 0.05) is 39.0 Å². The van der Waals surface area contributed by atoms with E-state index in [9.17, 15) is 4.79 Å². The van der Waals surface area contributed by atoms with Crippen molar-refractivity contribution < 1.29 is 4.79 Å². The number of pyridine rings is 1. The number of carbonyl (C=O) groups excluding carboxylic acids is 1. The van der Waals surface area contributed by atoms with E-state index in [1.54, 1.807) is 23.4 Å². The minimum Gasteiger partial charge on any atom is -0.384 e. The van der Waals surface area contributed by atoms with Crippen LogP contribution in [0.5, 0.6) is 0 Å². The van der Waals surface area contributed by atoms with Gasteiger partial charge >= 0.3 is 0 Å². The van der Waals surface area contributed by atoms with Crippen LogP contribution in [0.2, 0.25) is 0 Å². The number of hydrogen-bond acceptors (Lipinski definition) is 5. The van der Waals surface area contributed by atoms with Gasteiger partial charge in [-0.25, -0.2) is 4.98 Å². The molecule has 0 bridgehead atoms. The zero-order valence-electron chi connectivity index (χ0n) is 12.3. The number of amides is 1. The Hall–Kier alpha value is -2.44. The van der Waals surface area contributed by atoms with Crippen molar-refractivity contribution in [1.82, 2.24) is 25.1 Å². The molecule has 7 nitrogen and oxygen atoms in total. The SMILES string of the molecule is CCCNc1ccncc1C(=O)NCCc1ncn(C)n1. The van der Waals surface area contributed by atoms with Crippen LogP contribution in [-0.2, 0) is 13.5 Å². The van der Waals surface area contributed by atoms with Gasteiger partial charge in [-0.15, -0.1) is 0 Å². The molecule has 0 aliphatic rings. The molecule has 0 aliphatic carbocycles. The van der Waals surface area contributed by atoms with E-state index in [0.717, 1.165) is 18.7 Å². The summed E-state index contributed by atoms with van der Waals surface area (Å²) in [5.41, 5.74) is 1.36. The molecule has 7 heteroatoms. The molecule has 2 heterocycles. The van der Waals surface area contributed by atoms with Crippen molar-refractivity contribution in [2.24, 2.45) is 7.05 Å². The van der Waals surface area contributed by atoms with Gasteiger partial charge in [-0.3, -0.25) is 14.5 Å². The maximum atomic E-state index is 12.2. The molecule has 0 unspecified atom stereocenters. The molecule has 0 spiro atoms. The van der Waals surface area contributed by atoms with Gasteiger partial charge < -0.3 is 10.6 Å². The Kier molecular flexibility index (Phi) is 5.25. The van der Waals surface area contributed by atoms with Crippen LogP contribution >= 0.6 is 0 Å². The molecule has 0 aromatic carbocycles. The summed E-state index contributed by atoms with van der Waals surface area (Å²) in [5, 5.41) is 10.3.